The average molecular weight is 1800 g/mol. The molecule has 0 amide bonds. The molecule has 4 unspecified atom stereocenters. The SMILES string of the molecule is CCCCCCCC/C=C\CCCCCCC(CCCC)C(O)(CCCC)CCCC.CCCCCCCC/C=C\CCCCCCC(CCCC)C(O)(CCCC)CCCC.CCCCCCCC/C=C\CCCCCCC(CCCC)C(O)(CCCC)CCCC.CCCCCCCC/C=C\CCCCCCC(CCCC)C(O)(CCCC)CCCC.[Ti]. The van der Waals surface area contributed by atoms with Gasteiger partial charge in [-0.25, -0.2) is 0 Å². The van der Waals surface area contributed by atoms with Crippen LogP contribution in [0.4, 0.5) is 0 Å². The summed E-state index contributed by atoms with van der Waals surface area (Å²) in [5, 5.41) is 46.2. The van der Waals surface area contributed by atoms with Crippen LogP contribution in [0.15, 0.2) is 48.6 Å². The van der Waals surface area contributed by atoms with Crippen molar-refractivity contribution >= 4 is 0 Å². The molecule has 0 aromatic heterocycles. The number of unbranched alkanes of at least 4 members (excludes halogenated alkanes) is 52. The standard InChI is InChI=1S/4C30H60O.Ti/c4*1-5-9-13-14-15-16-17-18-19-20-21-22-23-24-26-29(25-10-6-2)30(31,27-11-7-3)28-12-8-4;/h4*18-19,29,31H,5-17,20-28H2,1-4H3;/b4*19-18-;. The van der Waals surface area contributed by atoms with Crippen molar-refractivity contribution in [3.63, 3.8) is 0 Å². The first-order valence-electron chi connectivity index (χ1n) is 58.1. The summed E-state index contributed by atoms with van der Waals surface area (Å²) in [5.74, 6) is 2.07. The molecule has 0 bridgehead atoms. The molecule has 0 aliphatic heterocycles. The number of aliphatic hydroxyl groups is 4. The minimum Gasteiger partial charge on any atom is -0.390 e. The van der Waals surface area contributed by atoms with E-state index in [-0.39, 0.29) is 21.7 Å². The molecule has 0 aromatic carbocycles. The minimum atomic E-state index is -0.402. The summed E-state index contributed by atoms with van der Waals surface area (Å²) in [7, 11) is 0. The third-order valence-electron chi connectivity index (χ3n) is 28.6. The largest absolute Gasteiger partial charge is 0.390 e. The number of hydrogen-bond donors (Lipinski definition) is 4. The van der Waals surface area contributed by atoms with Crippen LogP contribution in [0.2, 0.25) is 0 Å². The second kappa shape index (κ2) is 107. The Morgan fingerprint density at radius 2 is 0.240 bits per heavy atom. The van der Waals surface area contributed by atoms with E-state index in [1.807, 2.05) is 0 Å². The van der Waals surface area contributed by atoms with E-state index in [4.69, 9.17) is 0 Å². The van der Waals surface area contributed by atoms with Crippen molar-refractivity contribution in [3.8, 4) is 0 Å². The molecule has 125 heavy (non-hydrogen) atoms. The Balaban J connectivity index is -0.000000511. The van der Waals surface area contributed by atoms with E-state index in [2.05, 4.69) is 159 Å². The number of allylic oxidation sites excluding steroid dienone is 8. The molecule has 0 rings (SSSR count). The molecule has 0 fully saturated rings. The Hall–Kier alpha value is -0.486. The van der Waals surface area contributed by atoms with Gasteiger partial charge in [0.15, 0.2) is 0 Å². The smallest absolute Gasteiger partial charge is 0.0675 e. The average Bonchev–Trinajstić information content (AvgIpc) is 0.867. The van der Waals surface area contributed by atoms with E-state index in [0.717, 1.165) is 51.4 Å². The van der Waals surface area contributed by atoms with Crippen molar-refractivity contribution in [1.29, 1.82) is 0 Å². The molecule has 0 aromatic rings. The fraction of sp³-hybridized carbons (Fsp3) is 0.933. The van der Waals surface area contributed by atoms with Crippen molar-refractivity contribution in [2.24, 2.45) is 23.7 Å². The van der Waals surface area contributed by atoms with Crippen LogP contribution < -0.4 is 0 Å². The summed E-state index contributed by atoms with van der Waals surface area (Å²) in [6.07, 6.45) is 131. The third-order valence-corrected chi connectivity index (χ3v) is 28.6. The normalized spacial score (nSPS) is 13.2. The third kappa shape index (κ3) is 88.5. The molecule has 0 saturated carbocycles. The topological polar surface area (TPSA) is 80.9 Å². The quantitative estimate of drug-likeness (QED) is 0.0278. The Morgan fingerprint density at radius 1 is 0.136 bits per heavy atom. The minimum absolute atomic E-state index is 0. The van der Waals surface area contributed by atoms with Gasteiger partial charge >= 0.3 is 0 Å². The van der Waals surface area contributed by atoms with E-state index < -0.39 is 22.4 Å². The fourth-order valence-corrected chi connectivity index (χ4v) is 19.7. The van der Waals surface area contributed by atoms with Gasteiger partial charge in [-0.15, -0.1) is 0 Å². The Kier molecular flexibility index (Phi) is 114. The van der Waals surface area contributed by atoms with Crippen molar-refractivity contribution in [1.82, 2.24) is 0 Å². The Labute approximate surface area is 807 Å². The molecule has 0 aliphatic rings. The van der Waals surface area contributed by atoms with Crippen LogP contribution in [-0.4, -0.2) is 42.8 Å². The molecule has 0 saturated heterocycles. The molecule has 0 radical (unpaired) electrons. The van der Waals surface area contributed by atoms with Crippen LogP contribution in [0, 0.1) is 23.7 Å². The molecule has 748 valence electrons. The molecular weight excluding hydrogens is 1550 g/mol. The van der Waals surface area contributed by atoms with Crippen LogP contribution in [0.1, 0.15) is 676 Å². The zero-order valence-corrected chi connectivity index (χ0v) is 91.0. The predicted octanol–water partition coefficient (Wildman–Crippen LogP) is 42.2. The summed E-state index contributed by atoms with van der Waals surface area (Å²) in [5.41, 5.74) is -1.61. The van der Waals surface area contributed by atoms with Crippen molar-refractivity contribution in [2.45, 2.75) is 698 Å². The zero-order valence-electron chi connectivity index (χ0n) is 89.4. The van der Waals surface area contributed by atoms with Gasteiger partial charge in [0.1, 0.15) is 0 Å². The maximum Gasteiger partial charge on any atom is 0.0675 e. The molecule has 4 atom stereocenters. The van der Waals surface area contributed by atoms with E-state index in [1.165, 1.54) is 514 Å². The number of hydrogen-bond acceptors (Lipinski definition) is 4. The maximum absolute atomic E-state index is 11.6. The molecule has 4 nitrogen and oxygen atoms in total. The molecule has 0 spiro atoms. The second-order valence-corrected chi connectivity index (χ2v) is 40.7. The Morgan fingerprint density at radius 3 is 0.368 bits per heavy atom. The van der Waals surface area contributed by atoms with Gasteiger partial charge in [-0.2, -0.15) is 0 Å². The van der Waals surface area contributed by atoms with Crippen LogP contribution in [0.25, 0.3) is 0 Å². The predicted molar refractivity (Wildman–Crippen MR) is 567 cm³/mol. The van der Waals surface area contributed by atoms with Gasteiger partial charge < -0.3 is 20.4 Å². The van der Waals surface area contributed by atoms with Crippen LogP contribution >= 0.6 is 0 Å². The zero-order chi connectivity index (χ0) is 92.2. The van der Waals surface area contributed by atoms with Gasteiger partial charge in [0.05, 0.1) is 22.4 Å². The number of rotatable bonds is 96. The molecular formula is C120H240O4Ti. The van der Waals surface area contributed by atoms with Gasteiger partial charge in [0.25, 0.3) is 0 Å². The van der Waals surface area contributed by atoms with Crippen LogP contribution in [0.3, 0.4) is 0 Å². The summed E-state index contributed by atoms with van der Waals surface area (Å²) >= 11 is 0. The molecule has 0 heterocycles. The molecule has 4 N–H and O–H groups in total. The van der Waals surface area contributed by atoms with Crippen molar-refractivity contribution in [2.75, 3.05) is 0 Å². The fourth-order valence-electron chi connectivity index (χ4n) is 19.7. The second-order valence-electron chi connectivity index (χ2n) is 40.7. The summed E-state index contributed by atoms with van der Waals surface area (Å²) < 4.78 is 0. The van der Waals surface area contributed by atoms with Crippen molar-refractivity contribution < 1.29 is 42.1 Å². The van der Waals surface area contributed by atoms with Crippen LogP contribution in [-0.2, 0) is 21.7 Å². The van der Waals surface area contributed by atoms with E-state index >= 15 is 0 Å². The van der Waals surface area contributed by atoms with Crippen molar-refractivity contribution in [3.05, 3.63) is 48.6 Å². The summed E-state index contributed by atoms with van der Waals surface area (Å²) in [6, 6.07) is 0. The first kappa shape index (κ1) is 133. The molecule has 0 aliphatic carbocycles. The van der Waals surface area contributed by atoms with E-state index in [9.17, 15) is 20.4 Å². The van der Waals surface area contributed by atoms with Gasteiger partial charge in [0.2, 0.25) is 0 Å². The molecule has 5 heteroatoms. The van der Waals surface area contributed by atoms with Gasteiger partial charge in [-0.1, -0.05) is 519 Å². The van der Waals surface area contributed by atoms with Gasteiger partial charge in [0, 0.05) is 21.7 Å². The van der Waals surface area contributed by atoms with Gasteiger partial charge in [-0.3, -0.25) is 0 Å². The van der Waals surface area contributed by atoms with Crippen LogP contribution in [0.5, 0.6) is 0 Å². The maximum atomic E-state index is 11.6. The monoisotopic (exact) mass is 1790 g/mol. The summed E-state index contributed by atoms with van der Waals surface area (Å²) in [4.78, 5) is 0. The van der Waals surface area contributed by atoms with E-state index in [0.29, 0.717) is 23.7 Å². The summed E-state index contributed by atoms with van der Waals surface area (Å²) in [6.45, 7) is 36.3. The van der Waals surface area contributed by atoms with Gasteiger partial charge in [-0.05, 0) is 229 Å². The van der Waals surface area contributed by atoms with E-state index in [1.54, 1.807) is 0 Å². The first-order chi connectivity index (χ1) is 60.6. The Bertz CT molecular complexity index is 1750. The first-order valence-corrected chi connectivity index (χ1v) is 58.1.